The summed E-state index contributed by atoms with van der Waals surface area (Å²) < 4.78 is 0. The van der Waals surface area contributed by atoms with Crippen molar-refractivity contribution in [1.29, 1.82) is 0 Å². The molecular formula is C9H13O. The van der Waals surface area contributed by atoms with Crippen LogP contribution in [0.25, 0.3) is 0 Å². The Hall–Kier alpha value is -0.330. The number of fused-ring (bicyclic) bond motifs is 1. The fraction of sp³-hybridized carbons (Fsp3) is 0.778. The molecule has 0 aliphatic heterocycles. The molecule has 0 aromatic heterocycles. The first-order valence-electron chi connectivity index (χ1n) is 4.10. The van der Waals surface area contributed by atoms with Crippen molar-refractivity contribution in [1.82, 2.24) is 0 Å². The molecule has 2 unspecified atom stereocenters. The van der Waals surface area contributed by atoms with Gasteiger partial charge in [0, 0.05) is 5.41 Å². The van der Waals surface area contributed by atoms with Crippen LogP contribution in [-0.4, -0.2) is 5.78 Å². The van der Waals surface area contributed by atoms with E-state index in [0.717, 1.165) is 12.8 Å². The first kappa shape index (κ1) is 6.38. The molecule has 0 N–H and O–H groups in total. The van der Waals surface area contributed by atoms with Crippen molar-refractivity contribution in [3.8, 4) is 0 Å². The lowest BCUT2D eigenvalue weighted by Gasteiger charge is -2.42. The first-order valence-corrected chi connectivity index (χ1v) is 4.10. The second kappa shape index (κ2) is 1.84. The van der Waals surface area contributed by atoms with Crippen LogP contribution in [0.3, 0.4) is 0 Å². The van der Waals surface area contributed by atoms with Gasteiger partial charge < -0.3 is 0 Å². The van der Waals surface area contributed by atoms with Crippen molar-refractivity contribution in [2.75, 3.05) is 0 Å². The number of ketones is 1. The van der Waals surface area contributed by atoms with Gasteiger partial charge in [0.05, 0.1) is 0 Å². The van der Waals surface area contributed by atoms with Crippen molar-refractivity contribution in [3.63, 3.8) is 0 Å². The summed E-state index contributed by atoms with van der Waals surface area (Å²) in [5.74, 6) is 1.09. The number of carbonyl (C=O) groups is 1. The van der Waals surface area contributed by atoms with Gasteiger partial charge in [0.25, 0.3) is 0 Å². The van der Waals surface area contributed by atoms with E-state index in [1.165, 1.54) is 12.8 Å². The highest BCUT2D eigenvalue weighted by Crippen LogP contribution is 2.57. The van der Waals surface area contributed by atoms with E-state index in [1.54, 1.807) is 6.92 Å². The molecule has 2 aliphatic carbocycles. The monoisotopic (exact) mass is 137 g/mol. The molecule has 1 heteroatoms. The van der Waals surface area contributed by atoms with Crippen LogP contribution in [0.4, 0.5) is 0 Å². The second-order valence-electron chi connectivity index (χ2n) is 3.63. The SMILES string of the molecule is CC(=O)C12CC[CH]C1CC2. The van der Waals surface area contributed by atoms with Crippen molar-refractivity contribution < 1.29 is 4.79 Å². The molecule has 0 bridgehead atoms. The molecule has 1 nitrogen and oxygen atoms in total. The van der Waals surface area contributed by atoms with Crippen LogP contribution in [0.15, 0.2) is 0 Å². The fourth-order valence-corrected chi connectivity index (χ4v) is 2.47. The molecule has 0 aromatic rings. The normalized spacial score (nSPS) is 44.3. The van der Waals surface area contributed by atoms with E-state index in [4.69, 9.17) is 0 Å². The van der Waals surface area contributed by atoms with Crippen molar-refractivity contribution in [2.24, 2.45) is 11.3 Å². The molecule has 0 saturated heterocycles. The van der Waals surface area contributed by atoms with Gasteiger partial charge in [-0.2, -0.15) is 0 Å². The number of carbonyl (C=O) groups excluding carboxylic acids is 1. The average Bonchev–Trinajstić information content (AvgIpc) is 2.09. The van der Waals surface area contributed by atoms with Gasteiger partial charge in [-0.1, -0.05) is 0 Å². The molecule has 2 aliphatic rings. The molecule has 1 radical (unpaired) electrons. The molecule has 2 fully saturated rings. The van der Waals surface area contributed by atoms with Gasteiger partial charge >= 0.3 is 0 Å². The average molecular weight is 137 g/mol. The van der Waals surface area contributed by atoms with E-state index in [1.807, 2.05) is 0 Å². The molecule has 0 heterocycles. The van der Waals surface area contributed by atoms with Gasteiger partial charge in [-0.15, -0.1) is 0 Å². The van der Waals surface area contributed by atoms with Gasteiger partial charge in [0.1, 0.15) is 5.78 Å². The third-order valence-electron chi connectivity index (χ3n) is 3.35. The van der Waals surface area contributed by atoms with E-state index < -0.39 is 0 Å². The highest BCUT2D eigenvalue weighted by Gasteiger charge is 2.52. The third-order valence-corrected chi connectivity index (χ3v) is 3.35. The summed E-state index contributed by atoms with van der Waals surface area (Å²) in [6.07, 6.45) is 7.06. The van der Waals surface area contributed by atoms with E-state index in [0.29, 0.717) is 11.7 Å². The maximum absolute atomic E-state index is 11.2. The quantitative estimate of drug-likeness (QED) is 0.540. The van der Waals surface area contributed by atoms with Crippen LogP contribution >= 0.6 is 0 Å². The van der Waals surface area contributed by atoms with Gasteiger partial charge in [-0.3, -0.25) is 4.79 Å². The van der Waals surface area contributed by atoms with E-state index in [-0.39, 0.29) is 5.41 Å². The fourth-order valence-electron chi connectivity index (χ4n) is 2.47. The number of rotatable bonds is 1. The lowest BCUT2D eigenvalue weighted by atomic mass is 9.60. The summed E-state index contributed by atoms with van der Waals surface area (Å²) in [6.45, 7) is 1.76. The summed E-state index contributed by atoms with van der Waals surface area (Å²) in [5.41, 5.74) is 0.139. The molecule has 2 rings (SSSR count). The van der Waals surface area contributed by atoms with Gasteiger partial charge in [-0.05, 0) is 44.9 Å². The Morgan fingerprint density at radius 2 is 2.40 bits per heavy atom. The molecule has 10 heavy (non-hydrogen) atoms. The van der Waals surface area contributed by atoms with Gasteiger partial charge in [0.2, 0.25) is 0 Å². The maximum atomic E-state index is 11.2. The van der Waals surface area contributed by atoms with E-state index >= 15 is 0 Å². The van der Waals surface area contributed by atoms with Crippen LogP contribution in [0.5, 0.6) is 0 Å². The zero-order chi connectivity index (χ0) is 7.19. The smallest absolute Gasteiger partial charge is 0.136 e. The molecule has 0 aromatic carbocycles. The van der Waals surface area contributed by atoms with E-state index in [9.17, 15) is 4.79 Å². The summed E-state index contributed by atoms with van der Waals surface area (Å²) in [5, 5.41) is 0. The Bertz CT molecular complexity index is 174. The predicted octanol–water partition coefficient (Wildman–Crippen LogP) is 1.97. The standard InChI is InChI=1S/C9H13O/c1-7(10)9-5-2-3-8(9)4-6-9/h3,8H,2,4-6H2,1H3. The molecule has 2 atom stereocenters. The minimum atomic E-state index is 0.139. The minimum absolute atomic E-state index is 0.139. The Morgan fingerprint density at radius 3 is 2.70 bits per heavy atom. The van der Waals surface area contributed by atoms with Crippen LogP contribution < -0.4 is 0 Å². The van der Waals surface area contributed by atoms with Gasteiger partial charge in [-0.25, -0.2) is 0 Å². The highest BCUT2D eigenvalue weighted by molar-refractivity contribution is 5.84. The largest absolute Gasteiger partial charge is 0.299 e. The molecular weight excluding hydrogens is 124 g/mol. The predicted molar refractivity (Wildman–Crippen MR) is 39.4 cm³/mol. The third kappa shape index (κ3) is 0.561. The molecule has 0 amide bonds. The second-order valence-corrected chi connectivity index (χ2v) is 3.63. The summed E-state index contributed by atoms with van der Waals surface area (Å²) >= 11 is 0. The topological polar surface area (TPSA) is 17.1 Å². The number of hydrogen-bond acceptors (Lipinski definition) is 1. The Labute approximate surface area is 61.8 Å². The first-order chi connectivity index (χ1) is 4.76. The summed E-state index contributed by atoms with van der Waals surface area (Å²) in [7, 11) is 0. The Balaban J connectivity index is 2.21. The minimum Gasteiger partial charge on any atom is -0.299 e. The maximum Gasteiger partial charge on any atom is 0.136 e. The Morgan fingerprint density at radius 1 is 1.60 bits per heavy atom. The summed E-state index contributed by atoms with van der Waals surface area (Å²) in [4.78, 5) is 11.2. The number of Topliss-reactive ketones (excluding diaryl/α,β-unsaturated/α-hetero) is 1. The lowest BCUT2D eigenvalue weighted by molar-refractivity contribution is -0.133. The lowest BCUT2D eigenvalue weighted by Crippen LogP contribution is -2.41. The zero-order valence-electron chi connectivity index (χ0n) is 6.39. The van der Waals surface area contributed by atoms with Crippen molar-refractivity contribution >= 4 is 5.78 Å². The summed E-state index contributed by atoms with van der Waals surface area (Å²) in [6, 6.07) is 0. The molecule has 2 saturated carbocycles. The van der Waals surface area contributed by atoms with Crippen LogP contribution in [0.2, 0.25) is 0 Å². The van der Waals surface area contributed by atoms with Crippen molar-refractivity contribution in [3.05, 3.63) is 6.42 Å². The molecule has 0 spiro atoms. The van der Waals surface area contributed by atoms with Crippen LogP contribution in [0.1, 0.15) is 32.6 Å². The van der Waals surface area contributed by atoms with Gasteiger partial charge in [0.15, 0.2) is 0 Å². The molecule has 55 valence electrons. The Kier molecular flexibility index (Phi) is 1.17. The van der Waals surface area contributed by atoms with Crippen LogP contribution in [0, 0.1) is 17.8 Å². The number of hydrogen-bond donors (Lipinski definition) is 0. The zero-order valence-corrected chi connectivity index (χ0v) is 6.39. The van der Waals surface area contributed by atoms with E-state index in [2.05, 4.69) is 6.42 Å². The highest BCUT2D eigenvalue weighted by atomic mass is 16.1. The van der Waals surface area contributed by atoms with Crippen molar-refractivity contribution in [2.45, 2.75) is 32.6 Å². The van der Waals surface area contributed by atoms with Crippen LogP contribution in [-0.2, 0) is 4.79 Å².